The molecule has 1 aliphatic carbocycles. The maximum absolute atomic E-state index is 5.46. The van der Waals surface area contributed by atoms with Crippen molar-refractivity contribution >= 4 is 31.6 Å². The predicted molar refractivity (Wildman–Crippen MR) is 190 cm³/mol. The number of benzene rings is 5. The Morgan fingerprint density at radius 1 is 0.500 bits per heavy atom. The Morgan fingerprint density at radius 3 is 1.67 bits per heavy atom. The van der Waals surface area contributed by atoms with Crippen LogP contribution in [-0.2, 0) is 5.41 Å². The minimum atomic E-state index is -0.194. The molecule has 46 heavy (non-hydrogen) atoms. The molecule has 0 spiro atoms. The van der Waals surface area contributed by atoms with Crippen molar-refractivity contribution in [1.29, 1.82) is 0 Å². The number of nitrogens with zero attached hydrogens (tertiary/aromatic N) is 4. The van der Waals surface area contributed by atoms with Crippen molar-refractivity contribution in [2.24, 2.45) is 0 Å². The van der Waals surface area contributed by atoms with Crippen LogP contribution in [0, 0.1) is 0 Å². The van der Waals surface area contributed by atoms with Crippen molar-refractivity contribution in [1.82, 2.24) is 19.9 Å². The summed E-state index contributed by atoms with van der Waals surface area (Å²) in [6.07, 6.45) is 0. The highest BCUT2D eigenvalue weighted by Gasteiger charge is 2.40. The van der Waals surface area contributed by atoms with Crippen LogP contribution in [-0.4, -0.2) is 19.9 Å². The number of fused-ring (bicyclic) bond motifs is 7. The topological polar surface area (TPSA) is 51.6 Å². The van der Waals surface area contributed by atoms with Gasteiger partial charge in [-0.1, -0.05) is 141 Å². The summed E-state index contributed by atoms with van der Waals surface area (Å²) < 4.78 is 2.53. The van der Waals surface area contributed by atoms with Crippen molar-refractivity contribution in [3.63, 3.8) is 0 Å². The number of rotatable bonds is 4. The number of pyridine rings is 1. The average Bonchev–Trinajstić information content (AvgIpc) is 3.61. The van der Waals surface area contributed by atoms with Crippen molar-refractivity contribution in [3.05, 3.63) is 145 Å². The van der Waals surface area contributed by atoms with Crippen molar-refractivity contribution in [2.45, 2.75) is 19.3 Å². The van der Waals surface area contributed by atoms with Gasteiger partial charge in [0.25, 0.3) is 0 Å². The van der Waals surface area contributed by atoms with Crippen LogP contribution in [0.25, 0.3) is 76.9 Å². The average molecular weight is 609 g/mol. The van der Waals surface area contributed by atoms with E-state index in [1.807, 2.05) is 72.0 Å². The number of thiophene rings is 1. The summed E-state index contributed by atoms with van der Waals surface area (Å²) in [6.45, 7) is 4.66. The van der Waals surface area contributed by atoms with E-state index in [1.54, 1.807) is 0 Å². The first-order chi connectivity index (χ1) is 22.6. The Labute approximate surface area is 271 Å². The Kier molecular flexibility index (Phi) is 5.99. The highest BCUT2D eigenvalue weighted by Crippen LogP contribution is 2.56. The molecule has 3 heterocycles. The summed E-state index contributed by atoms with van der Waals surface area (Å²) in [5, 5.41) is 1.21. The molecule has 4 nitrogen and oxygen atoms in total. The second kappa shape index (κ2) is 10.3. The Bertz CT molecular complexity index is 2370. The summed E-state index contributed by atoms with van der Waals surface area (Å²) in [6, 6.07) is 46.2. The van der Waals surface area contributed by atoms with E-state index in [0.717, 1.165) is 33.5 Å². The van der Waals surface area contributed by atoms with Crippen molar-refractivity contribution in [2.75, 3.05) is 0 Å². The highest BCUT2D eigenvalue weighted by molar-refractivity contribution is 7.26. The molecule has 218 valence electrons. The van der Waals surface area contributed by atoms with Gasteiger partial charge >= 0.3 is 0 Å². The van der Waals surface area contributed by atoms with Crippen LogP contribution in [0.4, 0.5) is 0 Å². The molecule has 9 rings (SSSR count). The van der Waals surface area contributed by atoms with Gasteiger partial charge in [0.1, 0.15) is 0 Å². The molecule has 0 atom stereocenters. The van der Waals surface area contributed by atoms with Crippen LogP contribution < -0.4 is 0 Å². The predicted octanol–water partition coefficient (Wildman–Crippen LogP) is 10.6. The van der Waals surface area contributed by atoms with E-state index in [-0.39, 0.29) is 5.41 Å². The third-order valence-electron chi connectivity index (χ3n) is 9.12. The third-order valence-corrected chi connectivity index (χ3v) is 10.3. The highest BCUT2D eigenvalue weighted by atomic mass is 32.1. The van der Waals surface area contributed by atoms with Gasteiger partial charge in [0.2, 0.25) is 0 Å². The van der Waals surface area contributed by atoms with Gasteiger partial charge in [0.05, 0.1) is 15.9 Å². The van der Waals surface area contributed by atoms with Gasteiger partial charge < -0.3 is 0 Å². The summed E-state index contributed by atoms with van der Waals surface area (Å²) in [7, 11) is 0. The molecule has 0 radical (unpaired) electrons. The zero-order valence-corrected chi connectivity index (χ0v) is 26.2. The molecule has 0 N–H and O–H groups in total. The molecule has 8 aromatic rings. The molecule has 0 saturated carbocycles. The lowest BCUT2D eigenvalue weighted by atomic mass is 9.80. The van der Waals surface area contributed by atoms with Crippen LogP contribution >= 0.6 is 11.3 Å². The zero-order chi connectivity index (χ0) is 30.8. The van der Waals surface area contributed by atoms with E-state index in [1.165, 1.54) is 37.0 Å². The van der Waals surface area contributed by atoms with Crippen LogP contribution in [0.3, 0.4) is 0 Å². The minimum Gasteiger partial charge on any atom is -0.246 e. The fourth-order valence-corrected chi connectivity index (χ4v) is 8.09. The lowest BCUT2D eigenvalue weighted by Gasteiger charge is -2.24. The molecule has 5 heteroatoms. The molecule has 0 amide bonds. The molecule has 0 fully saturated rings. The number of aromatic nitrogens is 4. The first-order valence-electron chi connectivity index (χ1n) is 15.5. The Hall–Kier alpha value is -5.52. The summed E-state index contributed by atoms with van der Waals surface area (Å²) in [4.78, 5) is 20.2. The summed E-state index contributed by atoms with van der Waals surface area (Å²) >= 11 is 1.85. The zero-order valence-electron chi connectivity index (χ0n) is 25.4. The fourth-order valence-electron chi connectivity index (χ4n) is 6.88. The van der Waals surface area contributed by atoms with E-state index in [0.29, 0.717) is 17.5 Å². The maximum Gasteiger partial charge on any atom is 0.164 e. The van der Waals surface area contributed by atoms with E-state index < -0.39 is 0 Å². The van der Waals surface area contributed by atoms with E-state index >= 15 is 0 Å². The minimum absolute atomic E-state index is 0.194. The maximum atomic E-state index is 5.46. The largest absolute Gasteiger partial charge is 0.246 e. The third kappa shape index (κ3) is 4.12. The van der Waals surface area contributed by atoms with E-state index in [4.69, 9.17) is 19.9 Å². The number of hydrogen-bond acceptors (Lipinski definition) is 5. The molecule has 0 aliphatic heterocycles. The summed E-state index contributed by atoms with van der Waals surface area (Å²) in [5.41, 5.74) is 11.1. The van der Waals surface area contributed by atoms with Crippen LogP contribution in [0.15, 0.2) is 133 Å². The molecule has 5 aromatic carbocycles. The van der Waals surface area contributed by atoms with Crippen molar-refractivity contribution in [3.8, 4) is 56.5 Å². The first-order valence-corrected chi connectivity index (χ1v) is 16.3. The normalized spacial score (nSPS) is 13.2. The molecule has 0 bridgehead atoms. The van der Waals surface area contributed by atoms with Crippen LogP contribution in [0.1, 0.15) is 25.0 Å². The molecular formula is C41H28N4S. The Balaban J connectivity index is 1.23. The van der Waals surface area contributed by atoms with Gasteiger partial charge in [-0.05, 0) is 22.8 Å². The van der Waals surface area contributed by atoms with E-state index in [2.05, 4.69) is 86.6 Å². The lowest BCUT2D eigenvalue weighted by molar-refractivity contribution is 0.660. The van der Waals surface area contributed by atoms with Crippen LogP contribution in [0.2, 0.25) is 0 Å². The number of hydrogen-bond donors (Lipinski definition) is 0. The van der Waals surface area contributed by atoms with Crippen LogP contribution in [0.5, 0.6) is 0 Å². The second-order valence-corrected chi connectivity index (χ2v) is 13.3. The van der Waals surface area contributed by atoms with Gasteiger partial charge in [-0.25, -0.2) is 19.9 Å². The SMILES string of the molecule is CC1(C)c2ccccc2-c2c1c(-c1ccc(-c3nc(-c4ccccc4)nc(-c4ccccc4)n3)cc1)nc1c2sc2ccccc21. The molecule has 3 aromatic heterocycles. The van der Waals surface area contributed by atoms with Gasteiger partial charge in [0, 0.05) is 43.3 Å². The van der Waals surface area contributed by atoms with Gasteiger partial charge in [0.15, 0.2) is 17.5 Å². The lowest BCUT2D eigenvalue weighted by Crippen LogP contribution is -2.17. The smallest absolute Gasteiger partial charge is 0.164 e. The van der Waals surface area contributed by atoms with Crippen molar-refractivity contribution < 1.29 is 0 Å². The quantitative estimate of drug-likeness (QED) is 0.199. The monoisotopic (exact) mass is 608 g/mol. The summed E-state index contributed by atoms with van der Waals surface area (Å²) in [5.74, 6) is 1.95. The fraction of sp³-hybridized carbons (Fsp3) is 0.0732. The van der Waals surface area contributed by atoms with Gasteiger partial charge in [-0.15, -0.1) is 11.3 Å². The molecule has 1 aliphatic rings. The Morgan fingerprint density at radius 2 is 1.02 bits per heavy atom. The van der Waals surface area contributed by atoms with Gasteiger partial charge in [-0.2, -0.15) is 0 Å². The molecule has 0 unspecified atom stereocenters. The molecular weight excluding hydrogens is 581 g/mol. The first kappa shape index (κ1) is 26.8. The standard InChI is InChI=1S/C41H28N4S/c1-41(2)31-19-11-9-17-29(31)33-34(41)35(42-36-30-18-10-12-20-32(30)46-37(33)36)25-21-23-28(24-22-25)40-44-38(26-13-5-3-6-14-26)43-39(45-40)27-15-7-4-8-16-27/h3-24H,1-2H3. The molecule has 0 saturated heterocycles. The van der Waals surface area contributed by atoms with E-state index in [9.17, 15) is 0 Å². The van der Waals surface area contributed by atoms with Gasteiger partial charge in [-0.3, -0.25) is 0 Å². The second-order valence-electron chi connectivity index (χ2n) is 12.3.